The number of aromatic nitrogens is 2. The van der Waals surface area contributed by atoms with Gasteiger partial charge in [-0.3, -0.25) is 4.79 Å². The summed E-state index contributed by atoms with van der Waals surface area (Å²) in [6, 6.07) is 1.71. The lowest BCUT2D eigenvalue weighted by molar-refractivity contribution is 0.00315. The van der Waals surface area contributed by atoms with Crippen LogP contribution in [-0.4, -0.2) is 42.1 Å². The molecule has 0 radical (unpaired) electrons. The molecule has 2 N–H and O–H groups in total. The lowest BCUT2D eigenvalue weighted by Crippen LogP contribution is -2.37. The second kappa shape index (κ2) is 7.24. The third kappa shape index (κ3) is 3.67. The zero-order valence-electron chi connectivity index (χ0n) is 13.1. The zero-order valence-corrected chi connectivity index (χ0v) is 13.1. The largest absolute Gasteiger partial charge is 0.376 e. The van der Waals surface area contributed by atoms with Crippen molar-refractivity contribution in [2.45, 2.75) is 44.8 Å². The molecule has 0 aromatic carbocycles. The van der Waals surface area contributed by atoms with E-state index >= 15 is 0 Å². The summed E-state index contributed by atoms with van der Waals surface area (Å²) in [5.74, 6) is 0.619. The van der Waals surface area contributed by atoms with E-state index in [0.717, 1.165) is 57.6 Å². The van der Waals surface area contributed by atoms with Crippen LogP contribution in [0.2, 0.25) is 0 Å². The molecule has 1 atom stereocenters. The predicted octanol–water partition coefficient (Wildman–Crippen LogP) is 0.987. The second-order valence-corrected chi connectivity index (χ2v) is 6.39. The zero-order chi connectivity index (χ0) is 15.4. The molecule has 1 aromatic heterocycles. The van der Waals surface area contributed by atoms with Gasteiger partial charge in [-0.2, -0.15) is 5.10 Å². The summed E-state index contributed by atoms with van der Waals surface area (Å²) >= 11 is 0. The molecule has 2 fully saturated rings. The van der Waals surface area contributed by atoms with Crippen LogP contribution in [-0.2, 0) is 11.3 Å². The highest BCUT2D eigenvalue weighted by molar-refractivity contribution is 5.43. The van der Waals surface area contributed by atoms with E-state index in [2.05, 4.69) is 10.00 Å². The Kier molecular flexibility index (Phi) is 5.10. The maximum Gasteiger partial charge on any atom is 0.268 e. The predicted molar refractivity (Wildman–Crippen MR) is 86.1 cm³/mol. The van der Waals surface area contributed by atoms with Crippen LogP contribution in [0.3, 0.4) is 0 Å². The van der Waals surface area contributed by atoms with E-state index in [1.165, 1.54) is 11.1 Å². The molecule has 2 aliphatic rings. The van der Waals surface area contributed by atoms with Crippen LogP contribution in [0.25, 0.3) is 0 Å². The van der Waals surface area contributed by atoms with Crippen molar-refractivity contribution in [3.63, 3.8) is 0 Å². The van der Waals surface area contributed by atoms with Gasteiger partial charge in [0.1, 0.15) is 0 Å². The van der Waals surface area contributed by atoms with Crippen molar-refractivity contribution in [1.82, 2.24) is 9.78 Å². The fourth-order valence-corrected chi connectivity index (χ4v) is 3.31. The monoisotopic (exact) mass is 306 g/mol. The van der Waals surface area contributed by atoms with E-state index < -0.39 is 0 Å². The van der Waals surface area contributed by atoms with Crippen LogP contribution >= 0.6 is 0 Å². The minimum absolute atomic E-state index is 0.0346. The van der Waals surface area contributed by atoms with Gasteiger partial charge >= 0.3 is 0 Å². The summed E-state index contributed by atoms with van der Waals surface area (Å²) < 4.78 is 7.22. The third-order valence-electron chi connectivity index (χ3n) is 4.82. The van der Waals surface area contributed by atoms with Crippen LogP contribution in [0.15, 0.2) is 17.1 Å². The summed E-state index contributed by atoms with van der Waals surface area (Å²) in [5.41, 5.74) is 6.62. The number of ether oxygens (including phenoxy) is 1. The minimum atomic E-state index is -0.0346. The third-order valence-corrected chi connectivity index (χ3v) is 4.82. The molecule has 3 heterocycles. The molecular formula is C16H26N4O2. The van der Waals surface area contributed by atoms with Gasteiger partial charge in [0.25, 0.3) is 5.56 Å². The maximum absolute atomic E-state index is 12.3. The van der Waals surface area contributed by atoms with Crippen molar-refractivity contribution in [2.24, 2.45) is 11.7 Å². The molecule has 0 amide bonds. The van der Waals surface area contributed by atoms with Crippen molar-refractivity contribution in [1.29, 1.82) is 0 Å². The molecule has 2 saturated heterocycles. The Bertz CT molecular complexity index is 531. The number of anilines is 1. The molecule has 22 heavy (non-hydrogen) atoms. The lowest BCUT2D eigenvalue weighted by Gasteiger charge is -2.32. The molecule has 6 heteroatoms. The van der Waals surface area contributed by atoms with E-state index in [4.69, 9.17) is 10.5 Å². The van der Waals surface area contributed by atoms with Crippen molar-refractivity contribution in [2.75, 3.05) is 31.1 Å². The number of nitrogens with zero attached hydrogens (tertiary/aromatic N) is 3. The lowest BCUT2D eigenvalue weighted by atomic mass is 9.97. The normalized spacial score (nSPS) is 23.7. The Labute approximate surface area is 131 Å². The summed E-state index contributed by atoms with van der Waals surface area (Å²) in [6.45, 7) is 4.04. The Balaban J connectivity index is 1.63. The number of piperidine rings is 1. The summed E-state index contributed by atoms with van der Waals surface area (Å²) in [6.07, 6.45) is 7.44. The van der Waals surface area contributed by atoms with E-state index in [1.54, 1.807) is 6.07 Å². The molecule has 6 nitrogen and oxygen atoms in total. The van der Waals surface area contributed by atoms with Crippen molar-refractivity contribution in [3.8, 4) is 0 Å². The molecule has 0 bridgehead atoms. The van der Waals surface area contributed by atoms with Gasteiger partial charge < -0.3 is 15.4 Å². The van der Waals surface area contributed by atoms with Crippen LogP contribution in [0.4, 0.5) is 5.69 Å². The van der Waals surface area contributed by atoms with Gasteiger partial charge in [-0.05, 0) is 44.6 Å². The van der Waals surface area contributed by atoms with Gasteiger partial charge in [0.05, 0.1) is 24.5 Å². The Morgan fingerprint density at radius 3 is 2.73 bits per heavy atom. The first-order chi connectivity index (χ1) is 10.8. The van der Waals surface area contributed by atoms with E-state index in [0.29, 0.717) is 12.5 Å². The van der Waals surface area contributed by atoms with Gasteiger partial charge in [-0.15, -0.1) is 0 Å². The van der Waals surface area contributed by atoms with Gasteiger partial charge in [-0.1, -0.05) is 0 Å². The fraction of sp³-hybridized carbons (Fsp3) is 0.750. The molecule has 0 saturated carbocycles. The first kappa shape index (κ1) is 15.5. The Morgan fingerprint density at radius 2 is 2.09 bits per heavy atom. The van der Waals surface area contributed by atoms with Gasteiger partial charge in [0.15, 0.2) is 0 Å². The van der Waals surface area contributed by atoms with E-state index in [-0.39, 0.29) is 11.7 Å². The summed E-state index contributed by atoms with van der Waals surface area (Å²) in [4.78, 5) is 14.5. The average molecular weight is 306 g/mol. The number of hydrogen-bond donors (Lipinski definition) is 1. The number of rotatable bonds is 4. The molecule has 0 aliphatic carbocycles. The average Bonchev–Trinajstić information content (AvgIpc) is 2.58. The second-order valence-electron chi connectivity index (χ2n) is 6.39. The summed E-state index contributed by atoms with van der Waals surface area (Å²) in [7, 11) is 0. The highest BCUT2D eigenvalue weighted by Crippen LogP contribution is 2.21. The molecular weight excluding hydrogens is 280 g/mol. The van der Waals surface area contributed by atoms with Crippen LogP contribution < -0.4 is 16.2 Å². The fourth-order valence-electron chi connectivity index (χ4n) is 3.31. The van der Waals surface area contributed by atoms with Crippen molar-refractivity contribution < 1.29 is 4.74 Å². The first-order valence-corrected chi connectivity index (χ1v) is 8.40. The van der Waals surface area contributed by atoms with Gasteiger partial charge in [0.2, 0.25) is 0 Å². The van der Waals surface area contributed by atoms with Crippen molar-refractivity contribution >= 4 is 5.69 Å². The minimum Gasteiger partial charge on any atom is -0.376 e. The quantitative estimate of drug-likeness (QED) is 0.898. The number of hydrogen-bond acceptors (Lipinski definition) is 5. The van der Waals surface area contributed by atoms with Crippen LogP contribution in [0, 0.1) is 5.92 Å². The smallest absolute Gasteiger partial charge is 0.268 e. The Morgan fingerprint density at radius 1 is 1.27 bits per heavy atom. The molecule has 1 aromatic rings. The number of nitrogens with two attached hydrogens (primary N) is 1. The topological polar surface area (TPSA) is 73.4 Å². The standard InChI is InChI=1S/C16H26N4O2/c17-10-13-4-6-19(7-5-13)14-9-16(21)20(18-11-14)12-15-3-1-2-8-22-15/h9,11,13,15H,1-8,10,12,17H2. The summed E-state index contributed by atoms with van der Waals surface area (Å²) in [5, 5.41) is 4.34. The van der Waals surface area contributed by atoms with Gasteiger partial charge in [-0.25, -0.2) is 4.68 Å². The van der Waals surface area contributed by atoms with E-state index in [9.17, 15) is 4.79 Å². The van der Waals surface area contributed by atoms with E-state index in [1.807, 2.05) is 6.20 Å². The first-order valence-electron chi connectivity index (χ1n) is 8.40. The highest BCUT2D eigenvalue weighted by Gasteiger charge is 2.20. The molecule has 1 unspecified atom stereocenters. The molecule has 122 valence electrons. The molecule has 0 spiro atoms. The Hall–Kier alpha value is -1.40. The maximum atomic E-state index is 12.3. The van der Waals surface area contributed by atoms with Crippen LogP contribution in [0.5, 0.6) is 0 Å². The molecule has 2 aliphatic heterocycles. The highest BCUT2D eigenvalue weighted by atomic mass is 16.5. The van der Waals surface area contributed by atoms with Crippen molar-refractivity contribution in [3.05, 3.63) is 22.6 Å². The van der Waals surface area contributed by atoms with Crippen LogP contribution in [0.1, 0.15) is 32.1 Å². The van der Waals surface area contributed by atoms with Gasteiger partial charge in [0, 0.05) is 25.8 Å². The SMILES string of the molecule is NCC1CCN(c2cnn(CC3CCCCO3)c(=O)c2)CC1. The molecule has 3 rings (SSSR count).